The van der Waals surface area contributed by atoms with Crippen LogP contribution in [-0.2, 0) is 9.59 Å². The Morgan fingerprint density at radius 1 is 1.19 bits per heavy atom. The Balaban J connectivity index is 1.48. The zero-order chi connectivity index (χ0) is 18.3. The van der Waals surface area contributed by atoms with Gasteiger partial charge in [-0.25, -0.2) is 4.79 Å². The van der Waals surface area contributed by atoms with Gasteiger partial charge in [0.2, 0.25) is 5.91 Å². The fourth-order valence-electron chi connectivity index (χ4n) is 4.30. The fourth-order valence-corrected chi connectivity index (χ4v) is 4.30. The lowest BCUT2D eigenvalue weighted by atomic mass is 9.76. The third kappa shape index (κ3) is 3.06. The van der Waals surface area contributed by atoms with Gasteiger partial charge in [0, 0.05) is 37.9 Å². The summed E-state index contributed by atoms with van der Waals surface area (Å²) in [6.45, 7) is 1.76. The van der Waals surface area contributed by atoms with Gasteiger partial charge in [-0.1, -0.05) is 0 Å². The molecule has 0 radical (unpaired) electrons. The summed E-state index contributed by atoms with van der Waals surface area (Å²) < 4.78 is 0. The minimum absolute atomic E-state index is 0.207. The molecule has 1 aliphatic carbocycles. The predicted molar refractivity (Wildman–Crippen MR) is 92.3 cm³/mol. The molecule has 1 N–H and O–H groups in total. The summed E-state index contributed by atoms with van der Waals surface area (Å²) in [7, 11) is 0. The van der Waals surface area contributed by atoms with Crippen LogP contribution in [0.5, 0.6) is 0 Å². The van der Waals surface area contributed by atoms with Gasteiger partial charge >= 0.3 is 5.97 Å². The average molecular weight is 357 g/mol. The number of aliphatic carboxylic acids is 1. The first-order valence-electron chi connectivity index (χ1n) is 9.22. The summed E-state index contributed by atoms with van der Waals surface area (Å²) in [5, 5.41) is 9.64. The van der Waals surface area contributed by atoms with Gasteiger partial charge < -0.3 is 14.9 Å². The number of hydrogen-bond acceptors (Lipinski definition) is 4. The molecule has 0 aromatic carbocycles. The molecule has 2 amide bonds. The van der Waals surface area contributed by atoms with Gasteiger partial charge in [0.1, 0.15) is 6.04 Å². The maximum Gasteiger partial charge on any atom is 0.326 e. The highest BCUT2D eigenvalue weighted by Crippen LogP contribution is 2.44. The number of carbonyl (C=O) groups is 3. The van der Waals surface area contributed by atoms with E-state index in [2.05, 4.69) is 4.98 Å². The number of nitrogens with zero attached hydrogens (tertiary/aromatic N) is 3. The van der Waals surface area contributed by atoms with Crippen molar-refractivity contribution in [2.24, 2.45) is 11.3 Å². The Labute approximate surface area is 152 Å². The first-order chi connectivity index (χ1) is 12.5. The molecule has 1 atom stereocenters. The molecule has 7 nitrogen and oxygen atoms in total. The number of carboxylic acid groups (broad SMARTS) is 1. The first kappa shape index (κ1) is 17.0. The van der Waals surface area contributed by atoms with Crippen LogP contribution >= 0.6 is 0 Å². The molecule has 2 aliphatic heterocycles. The molecule has 2 saturated heterocycles. The molecule has 0 unspecified atom stereocenters. The van der Waals surface area contributed by atoms with Crippen LogP contribution in [0.2, 0.25) is 0 Å². The molecule has 3 aliphatic rings. The van der Waals surface area contributed by atoms with Crippen molar-refractivity contribution in [1.29, 1.82) is 0 Å². The zero-order valence-electron chi connectivity index (χ0n) is 14.6. The third-order valence-corrected chi connectivity index (χ3v) is 6.03. The SMILES string of the molecule is O=C(O)[C@H]1CC2(CCN(C(=O)C3CC3)CC2)CN1C(=O)c1cccnc1. The van der Waals surface area contributed by atoms with E-state index in [4.69, 9.17) is 0 Å². The molecule has 1 aromatic heterocycles. The number of pyridine rings is 1. The van der Waals surface area contributed by atoms with Gasteiger partial charge in [-0.2, -0.15) is 0 Å². The lowest BCUT2D eigenvalue weighted by molar-refractivity contribution is -0.141. The first-order valence-corrected chi connectivity index (χ1v) is 9.22. The Bertz CT molecular complexity index is 724. The quantitative estimate of drug-likeness (QED) is 0.883. The van der Waals surface area contributed by atoms with Crippen molar-refractivity contribution in [2.45, 2.75) is 38.1 Å². The van der Waals surface area contributed by atoms with E-state index < -0.39 is 12.0 Å². The Morgan fingerprint density at radius 2 is 1.92 bits per heavy atom. The van der Waals surface area contributed by atoms with E-state index in [1.807, 2.05) is 4.90 Å². The summed E-state index contributed by atoms with van der Waals surface area (Å²) >= 11 is 0. The van der Waals surface area contributed by atoms with Crippen molar-refractivity contribution in [3.8, 4) is 0 Å². The topological polar surface area (TPSA) is 90.8 Å². The van der Waals surface area contributed by atoms with Crippen LogP contribution < -0.4 is 0 Å². The molecule has 4 rings (SSSR count). The van der Waals surface area contributed by atoms with E-state index in [0.717, 1.165) is 25.7 Å². The van der Waals surface area contributed by atoms with Crippen molar-refractivity contribution in [2.75, 3.05) is 19.6 Å². The Hall–Kier alpha value is -2.44. The highest BCUT2D eigenvalue weighted by molar-refractivity contribution is 5.96. The van der Waals surface area contributed by atoms with E-state index in [-0.39, 0.29) is 23.1 Å². The maximum absolute atomic E-state index is 12.8. The normalized spacial score (nSPS) is 24.7. The maximum atomic E-state index is 12.8. The van der Waals surface area contributed by atoms with Crippen LogP contribution in [0.25, 0.3) is 0 Å². The van der Waals surface area contributed by atoms with Crippen molar-refractivity contribution in [3.05, 3.63) is 30.1 Å². The number of aromatic nitrogens is 1. The molecule has 7 heteroatoms. The monoisotopic (exact) mass is 357 g/mol. The van der Waals surface area contributed by atoms with Crippen molar-refractivity contribution < 1.29 is 19.5 Å². The van der Waals surface area contributed by atoms with Crippen LogP contribution in [0.3, 0.4) is 0 Å². The zero-order valence-corrected chi connectivity index (χ0v) is 14.6. The molecular formula is C19H23N3O4. The standard InChI is InChI=1S/C19H23N3O4/c23-16(13-3-4-13)21-8-5-19(6-9-21)10-15(18(25)26)22(12-19)17(24)14-2-1-7-20-11-14/h1-2,7,11,13,15H,3-6,8-10,12H2,(H,25,26)/t15-/m1/s1. The van der Waals surface area contributed by atoms with Crippen molar-refractivity contribution in [1.82, 2.24) is 14.8 Å². The summed E-state index contributed by atoms with van der Waals surface area (Å²) in [5.41, 5.74) is 0.207. The molecule has 1 aromatic rings. The fraction of sp³-hybridized carbons (Fsp3) is 0.579. The van der Waals surface area contributed by atoms with Gasteiger partial charge in [-0.05, 0) is 49.7 Å². The second-order valence-corrected chi connectivity index (χ2v) is 7.83. The summed E-state index contributed by atoms with van der Waals surface area (Å²) in [5.74, 6) is -0.784. The van der Waals surface area contributed by atoms with Gasteiger partial charge in [0.15, 0.2) is 0 Å². The number of piperidine rings is 1. The van der Waals surface area contributed by atoms with Crippen LogP contribution in [0.1, 0.15) is 42.5 Å². The number of likely N-dealkylation sites (tertiary alicyclic amines) is 2. The minimum atomic E-state index is -0.962. The molecule has 3 heterocycles. The number of rotatable bonds is 3. The lowest BCUT2D eigenvalue weighted by Gasteiger charge is -2.39. The smallest absolute Gasteiger partial charge is 0.326 e. The summed E-state index contributed by atoms with van der Waals surface area (Å²) in [6, 6.07) is 2.53. The second-order valence-electron chi connectivity index (χ2n) is 7.83. The second kappa shape index (κ2) is 6.37. The van der Waals surface area contributed by atoms with Crippen LogP contribution in [-0.4, -0.2) is 63.4 Å². The van der Waals surface area contributed by atoms with Gasteiger partial charge in [0.05, 0.1) is 5.56 Å². The molecule has 1 saturated carbocycles. The summed E-state index contributed by atoms with van der Waals surface area (Å²) in [6.07, 6.45) is 7.02. The van der Waals surface area contributed by atoms with Gasteiger partial charge in [0.25, 0.3) is 5.91 Å². The predicted octanol–water partition coefficient (Wildman–Crippen LogP) is 1.40. The van der Waals surface area contributed by atoms with Crippen molar-refractivity contribution in [3.63, 3.8) is 0 Å². The highest BCUT2D eigenvalue weighted by Gasteiger charge is 2.50. The average Bonchev–Trinajstić information content (AvgIpc) is 3.44. The number of carbonyl (C=O) groups excluding carboxylic acids is 2. The highest BCUT2D eigenvalue weighted by atomic mass is 16.4. The summed E-state index contributed by atoms with van der Waals surface area (Å²) in [4.78, 5) is 44.2. The largest absolute Gasteiger partial charge is 0.480 e. The van der Waals surface area contributed by atoms with Gasteiger partial charge in [-0.15, -0.1) is 0 Å². The van der Waals surface area contributed by atoms with E-state index in [1.165, 1.54) is 11.1 Å². The lowest BCUT2D eigenvalue weighted by Crippen LogP contribution is -2.45. The van der Waals surface area contributed by atoms with Crippen LogP contribution in [0, 0.1) is 11.3 Å². The number of hydrogen-bond donors (Lipinski definition) is 1. The third-order valence-electron chi connectivity index (χ3n) is 6.03. The molecular weight excluding hydrogens is 334 g/mol. The molecule has 138 valence electrons. The Kier molecular flexibility index (Phi) is 4.17. The number of carboxylic acids is 1. The molecule has 0 bridgehead atoms. The van der Waals surface area contributed by atoms with Crippen LogP contribution in [0.15, 0.2) is 24.5 Å². The Morgan fingerprint density at radius 3 is 2.50 bits per heavy atom. The molecule has 1 spiro atoms. The van der Waals surface area contributed by atoms with E-state index in [0.29, 0.717) is 31.6 Å². The van der Waals surface area contributed by atoms with Crippen LogP contribution in [0.4, 0.5) is 0 Å². The minimum Gasteiger partial charge on any atom is -0.480 e. The van der Waals surface area contributed by atoms with E-state index in [1.54, 1.807) is 18.3 Å². The molecule has 26 heavy (non-hydrogen) atoms. The van der Waals surface area contributed by atoms with E-state index in [9.17, 15) is 19.5 Å². The van der Waals surface area contributed by atoms with E-state index >= 15 is 0 Å². The molecule has 3 fully saturated rings. The van der Waals surface area contributed by atoms with Gasteiger partial charge in [-0.3, -0.25) is 14.6 Å². The van der Waals surface area contributed by atoms with Crippen molar-refractivity contribution >= 4 is 17.8 Å². The number of amides is 2.